The maximum Gasteiger partial charge on any atom is 0.0150 e. The molecule has 0 amide bonds. The molecule has 1 fully saturated rings. The van der Waals surface area contributed by atoms with E-state index in [-0.39, 0.29) is 0 Å². The Kier molecular flexibility index (Phi) is 3.57. The molecule has 0 aromatic heterocycles. The van der Waals surface area contributed by atoms with Crippen molar-refractivity contribution in [2.45, 2.75) is 57.9 Å². The van der Waals surface area contributed by atoms with Gasteiger partial charge in [0.1, 0.15) is 0 Å². The largest absolute Gasteiger partial charge is 0.315 e. The van der Waals surface area contributed by atoms with Crippen molar-refractivity contribution in [2.24, 2.45) is 5.92 Å². The summed E-state index contributed by atoms with van der Waals surface area (Å²) >= 11 is 0. The Hall–Kier alpha value is -0.0400. The van der Waals surface area contributed by atoms with E-state index in [4.69, 9.17) is 0 Å². The molecule has 0 bridgehead atoms. The lowest BCUT2D eigenvalue weighted by Crippen LogP contribution is -2.38. The lowest BCUT2D eigenvalue weighted by Gasteiger charge is -2.27. The van der Waals surface area contributed by atoms with E-state index in [2.05, 4.69) is 26.2 Å². The van der Waals surface area contributed by atoms with Crippen molar-refractivity contribution >= 4 is 0 Å². The molecule has 1 N–H and O–H groups in total. The van der Waals surface area contributed by atoms with Crippen LogP contribution in [-0.4, -0.2) is 12.6 Å². The summed E-state index contributed by atoms with van der Waals surface area (Å²) in [6, 6.07) is 0. The first-order valence-corrected chi connectivity index (χ1v) is 5.39. The van der Waals surface area contributed by atoms with Crippen LogP contribution in [0.25, 0.3) is 0 Å². The summed E-state index contributed by atoms with van der Waals surface area (Å²) in [5.74, 6) is 1.00. The molecule has 72 valence electrons. The minimum atomic E-state index is 0.434. The molecule has 0 aliphatic heterocycles. The molecule has 0 saturated heterocycles. The SMILES string of the molecule is CCC1CCCC(C)(NC)CC1. The fourth-order valence-corrected chi connectivity index (χ4v) is 2.23. The van der Waals surface area contributed by atoms with Crippen LogP contribution in [0.3, 0.4) is 0 Å². The molecule has 1 nitrogen and oxygen atoms in total. The molecule has 0 aromatic rings. The average Bonchev–Trinajstić information content (AvgIpc) is 2.28. The topological polar surface area (TPSA) is 12.0 Å². The van der Waals surface area contributed by atoms with Gasteiger partial charge in [-0.2, -0.15) is 0 Å². The minimum absolute atomic E-state index is 0.434. The summed E-state index contributed by atoms with van der Waals surface area (Å²) in [4.78, 5) is 0. The van der Waals surface area contributed by atoms with Crippen LogP contribution >= 0.6 is 0 Å². The Morgan fingerprint density at radius 1 is 1.33 bits per heavy atom. The van der Waals surface area contributed by atoms with Gasteiger partial charge < -0.3 is 5.32 Å². The maximum atomic E-state index is 3.46. The molecule has 0 heterocycles. The number of rotatable bonds is 2. The van der Waals surface area contributed by atoms with Gasteiger partial charge in [-0.1, -0.05) is 26.2 Å². The quantitative estimate of drug-likeness (QED) is 0.627. The second-order valence-corrected chi connectivity index (χ2v) is 4.52. The smallest absolute Gasteiger partial charge is 0.0150 e. The predicted molar refractivity (Wildman–Crippen MR) is 54.3 cm³/mol. The van der Waals surface area contributed by atoms with E-state index in [9.17, 15) is 0 Å². The van der Waals surface area contributed by atoms with Crippen LogP contribution in [0.1, 0.15) is 52.4 Å². The van der Waals surface area contributed by atoms with Gasteiger partial charge in [-0.25, -0.2) is 0 Å². The van der Waals surface area contributed by atoms with Crippen LogP contribution < -0.4 is 5.32 Å². The normalized spacial score (nSPS) is 37.8. The molecule has 0 radical (unpaired) electrons. The third-order valence-corrected chi connectivity index (χ3v) is 3.63. The number of hydrogen-bond acceptors (Lipinski definition) is 1. The molecule has 1 aliphatic carbocycles. The van der Waals surface area contributed by atoms with Crippen LogP contribution in [0.5, 0.6) is 0 Å². The number of hydrogen-bond donors (Lipinski definition) is 1. The van der Waals surface area contributed by atoms with Gasteiger partial charge in [0.25, 0.3) is 0 Å². The first kappa shape index (κ1) is 10.0. The summed E-state index contributed by atoms with van der Waals surface area (Å²) in [6.45, 7) is 4.69. The van der Waals surface area contributed by atoms with Crippen molar-refractivity contribution in [3.05, 3.63) is 0 Å². The Morgan fingerprint density at radius 2 is 2.08 bits per heavy atom. The van der Waals surface area contributed by atoms with E-state index in [0.717, 1.165) is 5.92 Å². The molecule has 1 aliphatic rings. The first-order chi connectivity index (χ1) is 5.70. The Morgan fingerprint density at radius 3 is 2.67 bits per heavy atom. The zero-order valence-electron chi connectivity index (χ0n) is 8.82. The van der Waals surface area contributed by atoms with Gasteiger partial charge in [0.15, 0.2) is 0 Å². The van der Waals surface area contributed by atoms with E-state index in [0.29, 0.717) is 5.54 Å². The monoisotopic (exact) mass is 169 g/mol. The van der Waals surface area contributed by atoms with E-state index in [1.807, 2.05) is 0 Å². The average molecular weight is 169 g/mol. The van der Waals surface area contributed by atoms with E-state index < -0.39 is 0 Å². The van der Waals surface area contributed by atoms with E-state index in [1.165, 1.54) is 38.5 Å². The Bertz CT molecular complexity index is 133. The van der Waals surface area contributed by atoms with Gasteiger partial charge >= 0.3 is 0 Å². The van der Waals surface area contributed by atoms with Gasteiger partial charge in [0.05, 0.1) is 0 Å². The molecule has 1 heteroatoms. The fourth-order valence-electron chi connectivity index (χ4n) is 2.23. The highest BCUT2D eigenvalue weighted by Crippen LogP contribution is 2.31. The molecule has 0 aromatic carbocycles. The lowest BCUT2D eigenvalue weighted by molar-refractivity contribution is 0.330. The van der Waals surface area contributed by atoms with Crippen molar-refractivity contribution < 1.29 is 0 Å². The van der Waals surface area contributed by atoms with E-state index >= 15 is 0 Å². The highest BCUT2D eigenvalue weighted by atomic mass is 14.9. The van der Waals surface area contributed by atoms with Crippen molar-refractivity contribution in [3.8, 4) is 0 Å². The molecule has 0 spiro atoms. The molecule has 1 rings (SSSR count). The van der Waals surface area contributed by atoms with Crippen molar-refractivity contribution in [1.82, 2.24) is 5.32 Å². The Labute approximate surface area is 76.9 Å². The summed E-state index contributed by atoms with van der Waals surface area (Å²) in [5.41, 5.74) is 0.434. The molecule has 2 unspecified atom stereocenters. The summed E-state index contributed by atoms with van der Waals surface area (Å²) in [6.07, 6.45) is 8.39. The van der Waals surface area contributed by atoms with Gasteiger partial charge in [-0.05, 0) is 39.2 Å². The van der Waals surface area contributed by atoms with Crippen molar-refractivity contribution in [3.63, 3.8) is 0 Å². The third kappa shape index (κ3) is 2.48. The summed E-state index contributed by atoms with van der Waals surface area (Å²) in [5, 5.41) is 3.46. The zero-order chi connectivity index (χ0) is 9.03. The predicted octanol–water partition coefficient (Wildman–Crippen LogP) is 2.95. The zero-order valence-corrected chi connectivity index (χ0v) is 8.82. The highest BCUT2D eigenvalue weighted by molar-refractivity contribution is 4.85. The van der Waals surface area contributed by atoms with Gasteiger partial charge in [-0.3, -0.25) is 0 Å². The Balaban J connectivity index is 2.44. The van der Waals surface area contributed by atoms with Crippen molar-refractivity contribution in [1.29, 1.82) is 0 Å². The fraction of sp³-hybridized carbons (Fsp3) is 1.00. The first-order valence-electron chi connectivity index (χ1n) is 5.39. The molecule has 1 saturated carbocycles. The summed E-state index contributed by atoms with van der Waals surface area (Å²) in [7, 11) is 2.10. The van der Waals surface area contributed by atoms with Gasteiger partial charge in [-0.15, -0.1) is 0 Å². The minimum Gasteiger partial charge on any atom is -0.315 e. The van der Waals surface area contributed by atoms with Crippen LogP contribution in [-0.2, 0) is 0 Å². The summed E-state index contributed by atoms with van der Waals surface area (Å²) < 4.78 is 0. The second-order valence-electron chi connectivity index (χ2n) is 4.52. The van der Waals surface area contributed by atoms with Gasteiger partial charge in [0, 0.05) is 5.54 Å². The lowest BCUT2D eigenvalue weighted by atomic mass is 9.92. The molecule has 2 atom stereocenters. The van der Waals surface area contributed by atoms with E-state index in [1.54, 1.807) is 0 Å². The van der Waals surface area contributed by atoms with Crippen LogP contribution in [0, 0.1) is 5.92 Å². The van der Waals surface area contributed by atoms with Gasteiger partial charge in [0.2, 0.25) is 0 Å². The standard InChI is InChI=1S/C11H23N/c1-4-10-6-5-8-11(2,12-3)9-7-10/h10,12H,4-9H2,1-3H3. The highest BCUT2D eigenvalue weighted by Gasteiger charge is 2.25. The van der Waals surface area contributed by atoms with Crippen LogP contribution in [0.4, 0.5) is 0 Å². The molecular formula is C11H23N. The second kappa shape index (κ2) is 4.27. The molecule has 12 heavy (non-hydrogen) atoms. The van der Waals surface area contributed by atoms with Crippen molar-refractivity contribution in [2.75, 3.05) is 7.05 Å². The number of nitrogens with one attached hydrogen (secondary N) is 1. The van der Waals surface area contributed by atoms with Crippen LogP contribution in [0.15, 0.2) is 0 Å². The third-order valence-electron chi connectivity index (χ3n) is 3.63. The van der Waals surface area contributed by atoms with Crippen LogP contribution in [0.2, 0.25) is 0 Å². The molecular weight excluding hydrogens is 146 g/mol. The maximum absolute atomic E-state index is 3.46.